The molecule has 2 aromatic carbocycles. The molecule has 7 heteroatoms. The molecule has 0 spiro atoms. The third-order valence-corrected chi connectivity index (χ3v) is 4.82. The van der Waals surface area contributed by atoms with Gasteiger partial charge in [0.1, 0.15) is 0 Å². The van der Waals surface area contributed by atoms with Crippen LogP contribution in [0.15, 0.2) is 54.6 Å². The highest BCUT2D eigenvalue weighted by atomic mass is 35.5. The molecule has 1 aliphatic rings. The van der Waals surface area contributed by atoms with Crippen LogP contribution in [-0.4, -0.2) is 49.5 Å². The lowest BCUT2D eigenvalue weighted by Crippen LogP contribution is -2.41. The van der Waals surface area contributed by atoms with Crippen molar-refractivity contribution in [1.29, 1.82) is 0 Å². The van der Waals surface area contributed by atoms with E-state index < -0.39 is 11.8 Å². The van der Waals surface area contributed by atoms with Gasteiger partial charge in [-0.1, -0.05) is 41.9 Å². The van der Waals surface area contributed by atoms with Gasteiger partial charge >= 0.3 is 11.8 Å². The first kappa shape index (κ1) is 20.3. The molecule has 1 unspecified atom stereocenters. The zero-order valence-electron chi connectivity index (χ0n) is 15.6. The van der Waals surface area contributed by atoms with E-state index in [1.165, 1.54) is 5.56 Å². The number of hydrogen-bond acceptors (Lipinski definition) is 4. The van der Waals surface area contributed by atoms with Crippen LogP contribution in [0, 0.1) is 0 Å². The summed E-state index contributed by atoms with van der Waals surface area (Å²) in [5.74, 6) is -1.32. The van der Waals surface area contributed by atoms with Crippen LogP contribution in [0.2, 0.25) is 5.02 Å². The van der Waals surface area contributed by atoms with Gasteiger partial charge < -0.3 is 15.4 Å². The van der Waals surface area contributed by atoms with Crippen molar-refractivity contribution < 1.29 is 14.3 Å². The van der Waals surface area contributed by atoms with Gasteiger partial charge in [0.25, 0.3) is 0 Å². The summed E-state index contributed by atoms with van der Waals surface area (Å²) in [4.78, 5) is 26.2. The largest absolute Gasteiger partial charge is 0.371 e. The lowest BCUT2D eigenvalue weighted by molar-refractivity contribution is -0.136. The van der Waals surface area contributed by atoms with Gasteiger partial charge in [-0.25, -0.2) is 0 Å². The number of nitrogens with one attached hydrogen (secondary N) is 2. The Bertz CT molecular complexity index is 783. The molecule has 3 rings (SSSR count). The lowest BCUT2D eigenvalue weighted by atomic mass is 10.1. The molecule has 28 heavy (non-hydrogen) atoms. The smallest absolute Gasteiger partial charge is 0.313 e. The van der Waals surface area contributed by atoms with Crippen LogP contribution < -0.4 is 10.6 Å². The highest BCUT2D eigenvalue weighted by Gasteiger charge is 2.21. The lowest BCUT2D eigenvalue weighted by Gasteiger charge is -2.33. The maximum absolute atomic E-state index is 11.9. The fraction of sp³-hybridized carbons (Fsp3) is 0.333. The minimum atomic E-state index is -0.683. The molecule has 0 aliphatic carbocycles. The molecule has 1 heterocycles. The second kappa shape index (κ2) is 10.2. The Labute approximate surface area is 169 Å². The van der Waals surface area contributed by atoms with Gasteiger partial charge in [-0.2, -0.15) is 0 Å². The number of morpholine rings is 1. The summed E-state index contributed by atoms with van der Waals surface area (Å²) in [6, 6.07) is 16.8. The Morgan fingerprint density at radius 1 is 1.07 bits per heavy atom. The first-order chi connectivity index (χ1) is 13.6. The molecule has 0 bridgehead atoms. The molecule has 148 valence electrons. The number of rotatable bonds is 6. The van der Waals surface area contributed by atoms with Crippen LogP contribution in [0.25, 0.3) is 0 Å². The van der Waals surface area contributed by atoms with Crippen molar-refractivity contribution in [2.75, 3.05) is 38.1 Å². The van der Waals surface area contributed by atoms with E-state index >= 15 is 0 Å². The van der Waals surface area contributed by atoms with Gasteiger partial charge in [0.15, 0.2) is 0 Å². The molecule has 0 saturated carbocycles. The van der Waals surface area contributed by atoms with Gasteiger partial charge in [-0.05, 0) is 36.2 Å². The van der Waals surface area contributed by atoms with Crippen LogP contribution in [0.1, 0.15) is 18.1 Å². The maximum Gasteiger partial charge on any atom is 0.313 e. The van der Waals surface area contributed by atoms with E-state index in [0.29, 0.717) is 23.9 Å². The zero-order chi connectivity index (χ0) is 19.8. The second-order valence-electron chi connectivity index (χ2n) is 6.64. The normalized spacial score (nSPS) is 17.1. The van der Waals surface area contributed by atoms with Crippen molar-refractivity contribution in [2.24, 2.45) is 0 Å². The molecule has 1 fully saturated rings. The van der Waals surface area contributed by atoms with Crippen LogP contribution in [0.4, 0.5) is 5.69 Å². The molecule has 0 aromatic heterocycles. The summed E-state index contributed by atoms with van der Waals surface area (Å²) in [7, 11) is 0. The van der Waals surface area contributed by atoms with Gasteiger partial charge in [0, 0.05) is 36.9 Å². The van der Waals surface area contributed by atoms with Crippen LogP contribution in [0.5, 0.6) is 0 Å². The first-order valence-corrected chi connectivity index (χ1v) is 9.73. The Morgan fingerprint density at radius 3 is 2.57 bits per heavy atom. The fourth-order valence-corrected chi connectivity index (χ4v) is 3.21. The van der Waals surface area contributed by atoms with E-state index in [9.17, 15) is 9.59 Å². The second-order valence-corrected chi connectivity index (χ2v) is 7.08. The number of ether oxygens (including phenoxy) is 1. The Kier molecular flexibility index (Phi) is 7.42. The minimum absolute atomic E-state index is 0.0784. The van der Waals surface area contributed by atoms with Gasteiger partial charge in [0.2, 0.25) is 0 Å². The molecular formula is C21H24ClN3O3. The molecule has 1 saturated heterocycles. The molecule has 6 nitrogen and oxygen atoms in total. The third kappa shape index (κ3) is 6.05. The van der Waals surface area contributed by atoms with Crippen LogP contribution in [-0.2, 0) is 14.3 Å². The van der Waals surface area contributed by atoms with E-state index in [1.54, 1.807) is 24.3 Å². The summed E-state index contributed by atoms with van der Waals surface area (Å²) in [6.07, 6.45) is 0.844. The quantitative estimate of drug-likeness (QED) is 0.576. The van der Waals surface area contributed by atoms with E-state index in [4.69, 9.17) is 16.3 Å². The summed E-state index contributed by atoms with van der Waals surface area (Å²) >= 11 is 5.80. The van der Waals surface area contributed by atoms with Crippen LogP contribution in [0.3, 0.4) is 0 Å². The van der Waals surface area contributed by atoms with Gasteiger partial charge in [-0.15, -0.1) is 0 Å². The Morgan fingerprint density at radius 2 is 1.82 bits per heavy atom. The molecular weight excluding hydrogens is 378 g/mol. The third-order valence-electron chi connectivity index (χ3n) is 4.57. The average Bonchev–Trinajstić information content (AvgIpc) is 2.73. The highest BCUT2D eigenvalue weighted by Crippen LogP contribution is 2.21. The number of carbonyl (C=O) groups is 2. The standard InChI is InChI=1S/C21H24ClN3O3/c22-17-7-9-18(10-8-17)24-21(27)20(26)23-11-4-12-25-13-14-28-19(15-25)16-5-2-1-3-6-16/h1-3,5-10,19H,4,11-15H2,(H,23,26)(H,24,27). The Balaban J connectivity index is 1.36. The van der Waals surface area contributed by atoms with E-state index in [0.717, 1.165) is 26.1 Å². The average molecular weight is 402 g/mol. The summed E-state index contributed by atoms with van der Waals surface area (Å²) in [6.45, 7) is 3.67. The van der Waals surface area contributed by atoms with E-state index in [1.807, 2.05) is 18.2 Å². The number of halogens is 1. The molecule has 2 aromatic rings. The van der Waals surface area contributed by atoms with Crippen molar-refractivity contribution in [1.82, 2.24) is 10.2 Å². The minimum Gasteiger partial charge on any atom is -0.371 e. The molecule has 1 atom stereocenters. The van der Waals surface area contributed by atoms with Crippen molar-refractivity contribution in [2.45, 2.75) is 12.5 Å². The van der Waals surface area contributed by atoms with Crippen molar-refractivity contribution in [3.63, 3.8) is 0 Å². The summed E-state index contributed by atoms with van der Waals surface area (Å²) in [5.41, 5.74) is 1.71. The summed E-state index contributed by atoms with van der Waals surface area (Å²) < 4.78 is 5.86. The zero-order valence-corrected chi connectivity index (χ0v) is 16.3. The number of carbonyl (C=O) groups excluding carboxylic acids is 2. The highest BCUT2D eigenvalue weighted by molar-refractivity contribution is 6.39. The molecule has 2 amide bonds. The van der Waals surface area contributed by atoms with E-state index in [2.05, 4.69) is 27.7 Å². The van der Waals surface area contributed by atoms with Crippen molar-refractivity contribution >= 4 is 29.1 Å². The number of anilines is 1. The number of nitrogens with zero attached hydrogens (tertiary/aromatic N) is 1. The fourth-order valence-electron chi connectivity index (χ4n) is 3.08. The molecule has 2 N–H and O–H groups in total. The Hall–Kier alpha value is -2.41. The SMILES string of the molecule is O=C(NCCCN1CCOC(c2ccccc2)C1)C(=O)Nc1ccc(Cl)cc1. The summed E-state index contributed by atoms with van der Waals surface area (Å²) in [5, 5.41) is 5.78. The van der Waals surface area contributed by atoms with Gasteiger partial charge in [0.05, 0.1) is 12.7 Å². The number of hydrogen-bond donors (Lipinski definition) is 2. The monoisotopic (exact) mass is 401 g/mol. The van der Waals surface area contributed by atoms with E-state index in [-0.39, 0.29) is 6.10 Å². The molecule has 1 aliphatic heterocycles. The number of amides is 2. The predicted octanol–water partition coefficient (Wildman–Crippen LogP) is 2.86. The maximum atomic E-state index is 11.9. The predicted molar refractivity (Wildman–Crippen MR) is 109 cm³/mol. The molecule has 0 radical (unpaired) electrons. The van der Waals surface area contributed by atoms with Gasteiger partial charge in [-0.3, -0.25) is 14.5 Å². The first-order valence-electron chi connectivity index (χ1n) is 9.35. The van der Waals surface area contributed by atoms with Crippen molar-refractivity contribution in [3.05, 3.63) is 65.2 Å². The topological polar surface area (TPSA) is 70.7 Å². The van der Waals surface area contributed by atoms with Crippen molar-refractivity contribution in [3.8, 4) is 0 Å². The number of benzene rings is 2. The van der Waals surface area contributed by atoms with Crippen LogP contribution >= 0.6 is 11.6 Å².